The highest BCUT2D eigenvalue weighted by Gasteiger charge is 2.38. The highest BCUT2D eigenvalue weighted by Crippen LogP contribution is 2.21. The monoisotopic (exact) mass is 1230 g/mol. The predicted octanol–water partition coefficient (Wildman–Crippen LogP) is -6.05. The third-order valence-corrected chi connectivity index (χ3v) is 14.1. The van der Waals surface area contributed by atoms with E-state index in [-0.39, 0.29) is 90.2 Å². The number of benzene rings is 1. The van der Waals surface area contributed by atoms with Gasteiger partial charge in [0.25, 0.3) is 5.91 Å². The zero-order chi connectivity index (χ0) is 65.6. The summed E-state index contributed by atoms with van der Waals surface area (Å²) in [6.45, 7) is 9.18. The molecule has 1 aliphatic rings. The van der Waals surface area contributed by atoms with Crippen LogP contribution in [0.2, 0.25) is 0 Å². The van der Waals surface area contributed by atoms with Gasteiger partial charge in [0.1, 0.15) is 61.0 Å². The molecule has 0 saturated carbocycles. The molecule has 31 heteroatoms. The SMILES string of the molecule is CCC(C)(C)C(=O)OCCC(=O)O[C@@H](CCN)C(=O)N[C@H](C(=O)N[C@@H](CCN)C(=O)N[C@H]1CCNC(=O)[C@H]([C@H](C)O)NC(=O)[C@H](CCN)NC(=O)[C@H](CCN)NC(=O)[C@H](CC(C)C)NC(=O)[C@@H](Cc2ccccc2)NC(=O)[C@H](CCN)NC1=O)C(C)O. The first-order valence-corrected chi connectivity index (χ1v) is 29.4. The van der Waals surface area contributed by atoms with Crippen molar-refractivity contribution in [2.45, 2.75) is 185 Å². The first kappa shape index (κ1) is 75.7. The van der Waals surface area contributed by atoms with E-state index in [0.717, 1.165) is 6.92 Å². The van der Waals surface area contributed by atoms with Crippen LogP contribution < -0.4 is 81.8 Å². The molecule has 2 rings (SSSR count). The number of carbonyl (C=O) groups excluding carboxylic acids is 12. The Bertz CT molecular complexity index is 2450. The van der Waals surface area contributed by atoms with Crippen LogP contribution in [-0.2, 0) is 73.4 Å². The number of amides is 10. The van der Waals surface area contributed by atoms with Gasteiger partial charge in [-0.1, -0.05) is 51.1 Å². The second-order valence-electron chi connectivity index (χ2n) is 22.3. The molecule has 10 amide bonds. The number of nitrogens with two attached hydrogens (primary N) is 5. The molecule has 22 N–H and O–H groups in total. The van der Waals surface area contributed by atoms with Crippen LogP contribution in [0.1, 0.15) is 112 Å². The summed E-state index contributed by atoms with van der Waals surface area (Å²) >= 11 is 0. The van der Waals surface area contributed by atoms with Gasteiger partial charge in [0.2, 0.25) is 53.2 Å². The van der Waals surface area contributed by atoms with E-state index in [1.54, 1.807) is 65.0 Å². The molecule has 0 aliphatic carbocycles. The van der Waals surface area contributed by atoms with Crippen LogP contribution in [0.3, 0.4) is 0 Å². The van der Waals surface area contributed by atoms with E-state index < -0.39 is 169 Å². The predicted molar refractivity (Wildman–Crippen MR) is 316 cm³/mol. The van der Waals surface area contributed by atoms with Gasteiger partial charge in [0.15, 0.2) is 6.10 Å². The average molecular weight is 1230 g/mol. The lowest BCUT2D eigenvalue weighted by atomic mass is 9.91. The molecule has 1 aromatic rings. The largest absolute Gasteiger partial charge is 0.465 e. The molecular weight excluding hydrogens is 1140 g/mol. The molecule has 1 aromatic carbocycles. The van der Waals surface area contributed by atoms with Gasteiger partial charge in [-0.2, -0.15) is 0 Å². The van der Waals surface area contributed by atoms with Crippen molar-refractivity contribution in [1.82, 2.24) is 53.2 Å². The maximum absolute atomic E-state index is 14.5. The molecule has 0 aromatic heterocycles. The number of nitrogens with one attached hydrogen (secondary N) is 10. The number of aliphatic hydroxyl groups is 2. The van der Waals surface area contributed by atoms with Gasteiger partial charge in [0, 0.05) is 19.4 Å². The number of hydrogen-bond donors (Lipinski definition) is 17. The molecular formula is C56H95N15O16. The molecule has 1 unspecified atom stereocenters. The van der Waals surface area contributed by atoms with Crippen LogP contribution in [0.25, 0.3) is 0 Å². The lowest BCUT2D eigenvalue weighted by Crippen LogP contribution is -2.61. The summed E-state index contributed by atoms with van der Waals surface area (Å²) < 4.78 is 10.5. The standard InChI is InChI=1S/C56H95N15O16/c1-8-56(6,7)55(85)86-27-20-42(74)87-41(18-25-61)52(82)71-44(32(5)73)54(84)67-36(16-23-59)46(76)66-38-19-26-62-53(83)43(31(4)72)70-49(79)37(17-24-60)64-45(75)34(14-21-57)65-50(80)39(28-30(2)3)68-51(81)40(29-33-12-10-9-11-13-33)69-47(77)35(15-22-58)63-48(38)78/h9-13,30-32,34-41,43-44,72-73H,8,14-29,57-61H2,1-7H3,(H,62,83)(H,63,78)(H,64,75)(H,65,80)(H,66,76)(H,67,84)(H,68,81)(H,69,77)(H,70,79)(H,71,82)/t31-,32?,34-,35-,36-,37-,38-,39-,40+,41-,43-,44-/m0/s1. The van der Waals surface area contributed by atoms with Crippen molar-refractivity contribution < 1.29 is 77.2 Å². The van der Waals surface area contributed by atoms with Gasteiger partial charge >= 0.3 is 11.9 Å². The van der Waals surface area contributed by atoms with Crippen molar-refractivity contribution in [3.8, 4) is 0 Å². The minimum atomic E-state index is -1.82. The molecule has 1 aliphatic heterocycles. The Balaban J connectivity index is 2.67. The molecule has 87 heavy (non-hydrogen) atoms. The molecule has 1 saturated heterocycles. The number of rotatable bonds is 28. The smallest absolute Gasteiger partial charge is 0.311 e. The summed E-state index contributed by atoms with van der Waals surface area (Å²) in [7, 11) is 0. The molecule has 490 valence electrons. The molecule has 0 radical (unpaired) electrons. The topological polar surface area (TPSA) is 514 Å². The Morgan fingerprint density at radius 1 is 0.632 bits per heavy atom. The molecule has 1 fully saturated rings. The minimum Gasteiger partial charge on any atom is -0.465 e. The van der Waals surface area contributed by atoms with Gasteiger partial charge in [0.05, 0.1) is 24.0 Å². The lowest BCUT2D eigenvalue weighted by Gasteiger charge is -2.29. The van der Waals surface area contributed by atoms with E-state index in [1.165, 1.54) is 6.92 Å². The van der Waals surface area contributed by atoms with Crippen LogP contribution >= 0.6 is 0 Å². The summed E-state index contributed by atoms with van der Waals surface area (Å²) in [4.78, 5) is 166. The molecule has 12 atom stereocenters. The molecule has 0 bridgehead atoms. The van der Waals surface area contributed by atoms with Crippen LogP contribution in [0.15, 0.2) is 30.3 Å². The highest BCUT2D eigenvalue weighted by molar-refractivity contribution is 5.99. The van der Waals surface area contributed by atoms with Gasteiger partial charge in [-0.15, -0.1) is 0 Å². The normalized spacial score (nSPS) is 22.4. The Kier molecular flexibility index (Phi) is 33.6. The quantitative estimate of drug-likeness (QED) is 0.0347. The van der Waals surface area contributed by atoms with Crippen LogP contribution in [0.5, 0.6) is 0 Å². The van der Waals surface area contributed by atoms with E-state index in [9.17, 15) is 67.7 Å². The fraction of sp³-hybridized carbons (Fsp3) is 0.679. The van der Waals surface area contributed by atoms with E-state index in [4.69, 9.17) is 38.1 Å². The van der Waals surface area contributed by atoms with Crippen molar-refractivity contribution in [3.63, 3.8) is 0 Å². The molecule has 1 heterocycles. The van der Waals surface area contributed by atoms with Gasteiger partial charge in [-0.25, -0.2) is 0 Å². The Labute approximate surface area is 507 Å². The Hall–Kier alpha value is -7.42. The number of hydrogen-bond acceptors (Lipinski definition) is 21. The van der Waals surface area contributed by atoms with E-state index >= 15 is 0 Å². The van der Waals surface area contributed by atoms with E-state index in [2.05, 4.69) is 53.2 Å². The highest BCUT2D eigenvalue weighted by atomic mass is 16.6. The fourth-order valence-electron chi connectivity index (χ4n) is 8.61. The lowest BCUT2D eigenvalue weighted by molar-refractivity contribution is -0.161. The van der Waals surface area contributed by atoms with Crippen molar-refractivity contribution in [1.29, 1.82) is 0 Å². The summed E-state index contributed by atoms with van der Waals surface area (Å²) in [6, 6.07) is -5.44. The summed E-state index contributed by atoms with van der Waals surface area (Å²) in [5, 5.41) is 46.7. The summed E-state index contributed by atoms with van der Waals surface area (Å²) in [5.41, 5.74) is 29.0. The average Bonchev–Trinajstić information content (AvgIpc) is 2.86. The Morgan fingerprint density at radius 3 is 1.64 bits per heavy atom. The van der Waals surface area contributed by atoms with Crippen molar-refractivity contribution in [2.75, 3.05) is 45.9 Å². The van der Waals surface area contributed by atoms with Crippen LogP contribution in [0, 0.1) is 11.3 Å². The van der Waals surface area contributed by atoms with Gasteiger partial charge < -0.3 is 102 Å². The summed E-state index contributed by atoms with van der Waals surface area (Å²) in [6.07, 6.45) is -6.57. The minimum absolute atomic E-state index is 0.0314. The third-order valence-electron chi connectivity index (χ3n) is 14.1. The number of carbonyl (C=O) groups is 12. The van der Waals surface area contributed by atoms with Crippen LogP contribution in [-0.4, -0.2) is 200 Å². The fourth-order valence-corrected chi connectivity index (χ4v) is 8.61. The van der Waals surface area contributed by atoms with E-state index in [1.807, 2.05) is 0 Å². The number of aliphatic hydroxyl groups excluding tert-OH is 2. The zero-order valence-corrected chi connectivity index (χ0v) is 50.9. The second kappa shape index (κ2) is 38.7. The van der Waals surface area contributed by atoms with Crippen molar-refractivity contribution in [3.05, 3.63) is 35.9 Å². The molecule has 31 nitrogen and oxygen atoms in total. The van der Waals surface area contributed by atoms with Gasteiger partial charge in [-0.05, 0) is 117 Å². The van der Waals surface area contributed by atoms with Crippen LogP contribution in [0.4, 0.5) is 0 Å². The maximum atomic E-state index is 14.5. The van der Waals surface area contributed by atoms with Gasteiger partial charge in [-0.3, -0.25) is 57.5 Å². The third kappa shape index (κ3) is 26.2. The Morgan fingerprint density at radius 2 is 1.14 bits per heavy atom. The van der Waals surface area contributed by atoms with E-state index in [0.29, 0.717) is 12.0 Å². The number of ether oxygens (including phenoxy) is 2. The second-order valence-corrected chi connectivity index (χ2v) is 22.3. The molecule has 0 spiro atoms. The first-order chi connectivity index (χ1) is 41.1. The zero-order valence-electron chi connectivity index (χ0n) is 50.9. The van der Waals surface area contributed by atoms with Crippen molar-refractivity contribution >= 4 is 71.0 Å². The summed E-state index contributed by atoms with van der Waals surface area (Å²) in [5.74, 6) is -11.5. The first-order valence-electron chi connectivity index (χ1n) is 29.4. The van der Waals surface area contributed by atoms with Crippen molar-refractivity contribution in [2.24, 2.45) is 40.0 Å². The maximum Gasteiger partial charge on any atom is 0.311 e. The number of esters is 2.